The molecular weight excluding hydrogens is 414 g/mol. The monoisotopic (exact) mass is 437 g/mol. The minimum absolute atomic E-state index is 0.478. The predicted octanol–water partition coefficient (Wildman–Crippen LogP) is 4.33. The van der Waals surface area contributed by atoms with Crippen molar-refractivity contribution < 1.29 is 13.1 Å². The van der Waals surface area contributed by atoms with Crippen molar-refractivity contribution in [1.82, 2.24) is 24.5 Å². The highest BCUT2D eigenvalue weighted by Gasteiger charge is 2.19. The van der Waals surface area contributed by atoms with E-state index in [-0.39, 0.29) is 0 Å². The first kappa shape index (κ1) is 21.1. The van der Waals surface area contributed by atoms with Gasteiger partial charge < -0.3 is 13.5 Å². The summed E-state index contributed by atoms with van der Waals surface area (Å²) in [5.74, 6) is 1.75. The summed E-state index contributed by atoms with van der Waals surface area (Å²) >= 11 is 0.902. The molecule has 0 aliphatic heterocycles. The van der Waals surface area contributed by atoms with Crippen LogP contribution in [-0.4, -0.2) is 37.7 Å². The molecule has 0 fully saturated rings. The summed E-state index contributed by atoms with van der Waals surface area (Å²) in [5.41, 5.74) is 4.19. The molecule has 0 aliphatic rings. The third-order valence-corrected chi connectivity index (χ3v) is 5.11. The zero-order valence-electron chi connectivity index (χ0n) is 17.6. The summed E-state index contributed by atoms with van der Waals surface area (Å²) in [7, 11) is 1.91. The Kier molecular flexibility index (Phi) is 6.63. The van der Waals surface area contributed by atoms with Gasteiger partial charge in [0.2, 0.25) is 12.3 Å². The van der Waals surface area contributed by atoms with Crippen molar-refractivity contribution >= 4 is 23.5 Å². The second-order valence-electron chi connectivity index (χ2n) is 6.85. The highest BCUT2D eigenvalue weighted by molar-refractivity contribution is 7.90. The molecule has 0 atom stereocenters. The Labute approximate surface area is 185 Å². The van der Waals surface area contributed by atoms with E-state index in [2.05, 4.69) is 15.0 Å². The molecule has 4 aromatic rings. The van der Waals surface area contributed by atoms with Crippen LogP contribution < -0.4 is 8.92 Å². The second kappa shape index (κ2) is 9.76. The number of ether oxygens (including phenoxy) is 1. The van der Waals surface area contributed by atoms with Gasteiger partial charge in [0, 0.05) is 37.6 Å². The maximum Gasteiger partial charge on any atom is 0.225 e. The van der Waals surface area contributed by atoms with E-state index in [4.69, 9.17) is 18.1 Å². The Morgan fingerprint density at radius 1 is 1.10 bits per heavy atom. The van der Waals surface area contributed by atoms with Crippen LogP contribution in [0.1, 0.15) is 18.2 Å². The van der Waals surface area contributed by atoms with Crippen LogP contribution in [0.3, 0.4) is 0 Å². The predicted molar refractivity (Wildman–Crippen MR) is 120 cm³/mol. The first-order chi connectivity index (χ1) is 15.2. The summed E-state index contributed by atoms with van der Waals surface area (Å²) < 4.78 is 18.8. The first-order valence-corrected chi connectivity index (χ1v) is 10.6. The molecule has 0 aromatic carbocycles. The van der Waals surface area contributed by atoms with Crippen molar-refractivity contribution in [1.29, 1.82) is 0 Å². The smallest absolute Gasteiger partial charge is 0.225 e. The quantitative estimate of drug-likeness (QED) is 0.283. The summed E-state index contributed by atoms with van der Waals surface area (Å²) in [6.07, 6.45) is 5.96. The summed E-state index contributed by atoms with van der Waals surface area (Å²) in [5, 5.41) is 0. The topological polar surface area (TPSA) is 84.2 Å². The standard InChI is InChI=1S/C22H23N5O3S/c1-4-29-31-30-19-12-17(28-10-8-16-7-5-6-9-23-16)14-24-20(19)22-26-18-11-15(2)13-25-21(18)27(22)3/h5-7,9,11-14H,4,8,10H2,1-3H3. The van der Waals surface area contributed by atoms with Crippen LogP contribution in [0.25, 0.3) is 22.7 Å². The van der Waals surface area contributed by atoms with Crippen LogP contribution in [-0.2, 0) is 17.7 Å². The average molecular weight is 438 g/mol. The van der Waals surface area contributed by atoms with Gasteiger partial charge in [0.25, 0.3) is 0 Å². The van der Waals surface area contributed by atoms with Crippen LogP contribution in [0.5, 0.6) is 11.5 Å². The van der Waals surface area contributed by atoms with Gasteiger partial charge in [-0.3, -0.25) is 9.17 Å². The van der Waals surface area contributed by atoms with E-state index in [9.17, 15) is 0 Å². The average Bonchev–Trinajstić information content (AvgIpc) is 3.10. The maximum absolute atomic E-state index is 5.88. The molecule has 0 radical (unpaired) electrons. The molecule has 0 aliphatic carbocycles. The fraction of sp³-hybridized carbons (Fsp3) is 0.273. The van der Waals surface area contributed by atoms with Crippen LogP contribution in [0, 0.1) is 6.92 Å². The van der Waals surface area contributed by atoms with E-state index < -0.39 is 0 Å². The highest BCUT2D eigenvalue weighted by Crippen LogP contribution is 2.34. The van der Waals surface area contributed by atoms with E-state index in [1.54, 1.807) is 18.5 Å². The van der Waals surface area contributed by atoms with Gasteiger partial charge in [0.05, 0.1) is 19.4 Å². The molecular formula is C22H23N5O3S. The minimum atomic E-state index is 0.478. The molecule has 4 aromatic heterocycles. The molecule has 31 heavy (non-hydrogen) atoms. The number of hydrogen-bond acceptors (Lipinski definition) is 8. The van der Waals surface area contributed by atoms with Gasteiger partial charge in [-0.25, -0.2) is 15.0 Å². The van der Waals surface area contributed by atoms with E-state index in [0.29, 0.717) is 42.7 Å². The number of fused-ring (bicyclic) bond motifs is 1. The molecule has 8 nitrogen and oxygen atoms in total. The fourth-order valence-electron chi connectivity index (χ4n) is 3.05. The highest BCUT2D eigenvalue weighted by atomic mass is 32.2. The Hall–Kier alpha value is -3.17. The van der Waals surface area contributed by atoms with Gasteiger partial charge in [0.1, 0.15) is 17.0 Å². The van der Waals surface area contributed by atoms with Gasteiger partial charge in [-0.05, 0) is 37.6 Å². The molecule has 160 valence electrons. The largest absolute Gasteiger partial charge is 0.491 e. The SMILES string of the molecule is CCOSOc1cc(OCCc2ccccn2)cnc1-c1nc2cc(C)cnc2n1C. The number of aryl methyl sites for hydroxylation is 2. The number of aromatic nitrogens is 5. The van der Waals surface area contributed by atoms with Crippen molar-refractivity contribution in [3.05, 3.63) is 60.2 Å². The Bertz CT molecular complexity index is 1170. The van der Waals surface area contributed by atoms with Crippen molar-refractivity contribution in [3.8, 4) is 23.0 Å². The van der Waals surface area contributed by atoms with E-state index in [1.807, 2.05) is 55.9 Å². The molecule has 4 rings (SSSR count). The van der Waals surface area contributed by atoms with Crippen molar-refractivity contribution in [2.75, 3.05) is 13.2 Å². The Morgan fingerprint density at radius 3 is 2.81 bits per heavy atom. The van der Waals surface area contributed by atoms with Gasteiger partial charge in [-0.1, -0.05) is 6.07 Å². The molecule has 0 saturated heterocycles. The molecule has 0 bridgehead atoms. The minimum Gasteiger partial charge on any atom is -0.491 e. The normalized spacial score (nSPS) is 11.1. The third kappa shape index (κ3) is 4.95. The lowest BCUT2D eigenvalue weighted by Crippen LogP contribution is -2.04. The second-order valence-corrected chi connectivity index (χ2v) is 7.38. The third-order valence-electron chi connectivity index (χ3n) is 4.53. The number of nitrogens with zero attached hydrogens (tertiary/aromatic N) is 5. The summed E-state index contributed by atoms with van der Waals surface area (Å²) in [6.45, 7) is 4.88. The van der Waals surface area contributed by atoms with E-state index in [0.717, 1.165) is 34.7 Å². The lowest BCUT2D eigenvalue weighted by Gasteiger charge is -2.11. The first-order valence-electron chi connectivity index (χ1n) is 9.94. The molecule has 0 amide bonds. The number of imidazole rings is 1. The molecule has 4 heterocycles. The maximum atomic E-state index is 5.88. The molecule has 0 unspecified atom stereocenters. The molecule has 9 heteroatoms. The molecule has 0 N–H and O–H groups in total. The molecule has 0 saturated carbocycles. The fourth-order valence-corrected chi connectivity index (χ4v) is 3.40. The van der Waals surface area contributed by atoms with Crippen molar-refractivity contribution in [3.63, 3.8) is 0 Å². The zero-order chi connectivity index (χ0) is 21.6. The number of hydrogen-bond donors (Lipinski definition) is 0. The summed E-state index contributed by atoms with van der Waals surface area (Å²) in [4.78, 5) is 18.1. The van der Waals surface area contributed by atoms with Gasteiger partial charge in [-0.2, -0.15) is 0 Å². The van der Waals surface area contributed by atoms with E-state index >= 15 is 0 Å². The van der Waals surface area contributed by atoms with Crippen molar-refractivity contribution in [2.24, 2.45) is 7.05 Å². The van der Waals surface area contributed by atoms with E-state index in [1.165, 1.54) is 0 Å². The summed E-state index contributed by atoms with van der Waals surface area (Å²) in [6, 6.07) is 9.62. The van der Waals surface area contributed by atoms with Crippen LogP contribution in [0.15, 0.2) is 48.9 Å². The lowest BCUT2D eigenvalue weighted by molar-refractivity contribution is 0.318. The van der Waals surface area contributed by atoms with Crippen molar-refractivity contribution in [2.45, 2.75) is 20.3 Å². The lowest BCUT2D eigenvalue weighted by atomic mass is 10.3. The molecule has 0 spiro atoms. The Morgan fingerprint density at radius 2 is 2.00 bits per heavy atom. The van der Waals surface area contributed by atoms with Crippen LogP contribution >= 0.6 is 12.3 Å². The number of pyridine rings is 3. The van der Waals surface area contributed by atoms with Crippen LogP contribution in [0.4, 0.5) is 0 Å². The van der Waals surface area contributed by atoms with Gasteiger partial charge in [-0.15, -0.1) is 0 Å². The number of rotatable bonds is 9. The van der Waals surface area contributed by atoms with Gasteiger partial charge in [0.15, 0.2) is 17.2 Å². The van der Waals surface area contributed by atoms with Gasteiger partial charge >= 0.3 is 0 Å². The zero-order valence-corrected chi connectivity index (χ0v) is 18.4. The Balaban J connectivity index is 1.60. The van der Waals surface area contributed by atoms with Crippen LogP contribution in [0.2, 0.25) is 0 Å².